The summed E-state index contributed by atoms with van der Waals surface area (Å²) in [5.74, 6) is -0.656. The Balaban J connectivity index is 2.98. The zero-order valence-electron chi connectivity index (χ0n) is 6.50. The molecule has 1 aromatic rings. The molecule has 0 spiro atoms. The Morgan fingerprint density at radius 2 is 1.67 bits per heavy atom. The third-order valence-electron chi connectivity index (χ3n) is 1.49. The number of hydrogen-bond acceptors (Lipinski definition) is 2. The average Bonchev–Trinajstić information content (AvgIpc) is 2.04. The molecular formula is C9H7ClO2. The number of rotatable bonds is 2. The fourth-order valence-electron chi connectivity index (χ4n) is 0.818. The van der Waals surface area contributed by atoms with Gasteiger partial charge in [-0.15, -0.1) is 0 Å². The first-order valence-corrected chi connectivity index (χ1v) is 3.80. The maximum atomic E-state index is 11.0. The summed E-state index contributed by atoms with van der Waals surface area (Å²) in [4.78, 5) is 21.4. The van der Waals surface area contributed by atoms with E-state index in [9.17, 15) is 9.59 Å². The molecule has 12 heavy (non-hydrogen) atoms. The molecule has 0 fully saturated rings. The molecule has 0 saturated carbocycles. The average molecular weight is 183 g/mol. The van der Waals surface area contributed by atoms with Crippen molar-refractivity contribution in [3.63, 3.8) is 0 Å². The standard InChI is InChI=1S/C9H7ClO2/c1-6-2-4-7(5-3-6)8(11)9(10)12/h2-5H,1H3. The second kappa shape index (κ2) is 3.50. The SMILES string of the molecule is Cc1ccc(C(=O)C(=O)Cl)cc1. The summed E-state index contributed by atoms with van der Waals surface area (Å²) in [6.45, 7) is 1.90. The van der Waals surface area contributed by atoms with Crippen molar-refractivity contribution in [3.05, 3.63) is 35.4 Å². The van der Waals surface area contributed by atoms with E-state index in [4.69, 9.17) is 11.6 Å². The number of Topliss-reactive ketones (excluding diaryl/α,β-unsaturated/α-hetero) is 1. The highest BCUT2D eigenvalue weighted by Crippen LogP contribution is 2.05. The Kier molecular flexibility index (Phi) is 2.61. The van der Waals surface area contributed by atoms with Crippen LogP contribution in [0.1, 0.15) is 15.9 Å². The van der Waals surface area contributed by atoms with Crippen LogP contribution in [0.5, 0.6) is 0 Å². The van der Waals surface area contributed by atoms with E-state index in [1.165, 1.54) is 0 Å². The van der Waals surface area contributed by atoms with Crippen molar-refractivity contribution in [3.8, 4) is 0 Å². The summed E-state index contributed by atoms with van der Waals surface area (Å²) in [6.07, 6.45) is 0. The summed E-state index contributed by atoms with van der Waals surface area (Å²) in [5.41, 5.74) is 1.37. The quantitative estimate of drug-likeness (QED) is 0.398. The third-order valence-corrected chi connectivity index (χ3v) is 1.66. The number of carbonyl (C=O) groups excluding carboxylic acids is 2. The molecule has 0 aliphatic heterocycles. The number of aryl methyl sites for hydroxylation is 1. The molecule has 62 valence electrons. The van der Waals surface area contributed by atoms with Gasteiger partial charge in [-0.25, -0.2) is 0 Å². The smallest absolute Gasteiger partial charge is 0.284 e. The van der Waals surface area contributed by atoms with E-state index in [2.05, 4.69) is 0 Å². The monoisotopic (exact) mass is 182 g/mol. The van der Waals surface area contributed by atoms with Gasteiger partial charge in [-0.2, -0.15) is 0 Å². The molecule has 3 heteroatoms. The molecule has 1 rings (SSSR count). The maximum Gasteiger partial charge on any atom is 0.293 e. The molecule has 1 aromatic carbocycles. The topological polar surface area (TPSA) is 34.1 Å². The van der Waals surface area contributed by atoms with Gasteiger partial charge in [0, 0.05) is 5.56 Å². The largest absolute Gasteiger partial charge is 0.293 e. The first kappa shape index (κ1) is 8.94. The highest BCUT2D eigenvalue weighted by Gasteiger charge is 2.11. The van der Waals surface area contributed by atoms with E-state index in [0.29, 0.717) is 5.56 Å². The van der Waals surface area contributed by atoms with Crippen molar-refractivity contribution in [1.29, 1.82) is 0 Å². The molecule has 0 saturated heterocycles. The number of hydrogen-bond donors (Lipinski definition) is 0. The Bertz CT molecular complexity index is 314. The molecule has 2 nitrogen and oxygen atoms in total. The Morgan fingerprint density at radius 1 is 1.17 bits per heavy atom. The second-order valence-corrected chi connectivity index (χ2v) is 2.81. The van der Waals surface area contributed by atoms with E-state index in [-0.39, 0.29) is 0 Å². The van der Waals surface area contributed by atoms with Crippen molar-refractivity contribution in [1.82, 2.24) is 0 Å². The lowest BCUT2D eigenvalue weighted by molar-refractivity contribution is -0.108. The minimum absolute atomic E-state index is 0.334. The predicted molar refractivity (Wildman–Crippen MR) is 46.4 cm³/mol. The minimum atomic E-state index is -0.946. The lowest BCUT2D eigenvalue weighted by Crippen LogP contribution is -2.06. The first-order chi connectivity index (χ1) is 5.61. The maximum absolute atomic E-state index is 11.0. The van der Waals surface area contributed by atoms with Crippen LogP contribution in [-0.2, 0) is 4.79 Å². The number of halogens is 1. The highest BCUT2D eigenvalue weighted by atomic mass is 35.5. The van der Waals surface area contributed by atoms with Crippen LogP contribution in [0.25, 0.3) is 0 Å². The van der Waals surface area contributed by atoms with Gasteiger partial charge in [-0.1, -0.05) is 29.8 Å². The van der Waals surface area contributed by atoms with Crippen LogP contribution in [-0.4, -0.2) is 11.0 Å². The highest BCUT2D eigenvalue weighted by molar-refractivity contribution is 6.83. The molecule has 0 amide bonds. The first-order valence-electron chi connectivity index (χ1n) is 3.42. The molecule has 0 aliphatic rings. The lowest BCUT2D eigenvalue weighted by atomic mass is 10.1. The summed E-state index contributed by atoms with van der Waals surface area (Å²) in [6, 6.07) is 6.68. The van der Waals surface area contributed by atoms with Gasteiger partial charge in [0.05, 0.1) is 0 Å². The predicted octanol–water partition coefficient (Wildman–Crippen LogP) is 1.94. The van der Waals surface area contributed by atoms with Gasteiger partial charge in [0.25, 0.3) is 5.24 Å². The van der Waals surface area contributed by atoms with Gasteiger partial charge < -0.3 is 0 Å². The second-order valence-electron chi connectivity index (χ2n) is 2.47. The van der Waals surface area contributed by atoms with Gasteiger partial charge in [0.15, 0.2) is 0 Å². The van der Waals surface area contributed by atoms with Crippen LogP contribution in [0.3, 0.4) is 0 Å². The molecule has 0 unspecified atom stereocenters. The van der Waals surface area contributed by atoms with Gasteiger partial charge in [0.2, 0.25) is 5.78 Å². The van der Waals surface area contributed by atoms with Crippen molar-refractivity contribution >= 4 is 22.6 Å². The molecule has 0 aliphatic carbocycles. The summed E-state index contributed by atoms with van der Waals surface area (Å²) in [7, 11) is 0. The molecule has 0 aromatic heterocycles. The number of ketones is 1. The normalized spacial score (nSPS) is 9.50. The summed E-state index contributed by atoms with van der Waals surface area (Å²) < 4.78 is 0. The van der Waals surface area contributed by atoms with Crippen LogP contribution >= 0.6 is 11.6 Å². The zero-order valence-corrected chi connectivity index (χ0v) is 7.26. The van der Waals surface area contributed by atoms with Crippen LogP contribution in [0, 0.1) is 6.92 Å². The number of benzene rings is 1. The zero-order chi connectivity index (χ0) is 9.14. The summed E-state index contributed by atoms with van der Waals surface area (Å²) >= 11 is 5.01. The fraction of sp³-hybridized carbons (Fsp3) is 0.111. The Hall–Kier alpha value is -1.15. The summed E-state index contributed by atoms with van der Waals surface area (Å²) in [5, 5.41) is -0.946. The van der Waals surface area contributed by atoms with Crippen molar-refractivity contribution in [2.45, 2.75) is 6.92 Å². The lowest BCUT2D eigenvalue weighted by Gasteiger charge is -1.95. The van der Waals surface area contributed by atoms with Crippen LogP contribution in [0.15, 0.2) is 24.3 Å². The number of carbonyl (C=O) groups is 2. The van der Waals surface area contributed by atoms with Crippen molar-refractivity contribution in [2.75, 3.05) is 0 Å². The van der Waals surface area contributed by atoms with Crippen LogP contribution in [0.4, 0.5) is 0 Å². The van der Waals surface area contributed by atoms with E-state index in [1.54, 1.807) is 24.3 Å². The minimum Gasteiger partial charge on any atom is -0.284 e. The van der Waals surface area contributed by atoms with Crippen molar-refractivity contribution < 1.29 is 9.59 Å². The van der Waals surface area contributed by atoms with E-state index < -0.39 is 11.0 Å². The molecular weight excluding hydrogens is 176 g/mol. The molecule has 0 N–H and O–H groups in total. The van der Waals surface area contributed by atoms with E-state index in [0.717, 1.165) is 5.56 Å². The molecule has 0 atom stereocenters. The van der Waals surface area contributed by atoms with Crippen molar-refractivity contribution in [2.24, 2.45) is 0 Å². The molecule has 0 heterocycles. The Labute approximate surface area is 75.2 Å². The molecule has 0 bridgehead atoms. The molecule has 0 radical (unpaired) electrons. The fourth-order valence-corrected chi connectivity index (χ4v) is 0.928. The van der Waals surface area contributed by atoms with Crippen LogP contribution in [0.2, 0.25) is 0 Å². The Morgan fingerprint density at radius 3 is 2.08 bits per heavy atom. The van der Waals surface area contributed by atoms with E-state index >= 15 is 0 Å². The van der Waals surface area contributed by atoms with Gasteiger partial charge >= 0.3 is 0 Å². The van der Waals surface area contributed by atoms with E-state index in [1.807, 2.05) is 6.92 Å². The van der Waals surface area contributed by atoms with Gasteiger partial charge in [-0.05, 0) is 18.5 Å². The van der Waals surface area contributed by atoms with Gasteiger partial charge in [-0.3, -0.25) is 9.59 Å². The van der Waals surface area contributed by atoms with Gasteiger partial charge in [0.1, 0.15) is 0 Å². The van der Waals surface area contributed by atoms with Crippen LogP contribution < -0.4 is 0 Å². The third kappa shape index (κ3) is 1.92.